The van der Waals surface area contributed by atoms with E-state index in [0.717, 1.165) is 22.3 Å². The van der Waals surface area contributed by atoms with Crippen LogP contribution in [0, 0.1) is 0 Å². The van der Waals surface area contributed by atoms with Crippen molar-refractivity contribution >= 4 is 54.4 Å². The molecule has 2 nitrogen and oxygen atoms in total. The van der Waals surface area contributed by atoms with Gasteiger partial charge in [0.25, 0.3) is 0 Å². The Morgan fingerprint density at radius 3 is 1.27 bits per heavy atom. The van der Waals surface area contributed by atoms with E-state index in [1.807, 2.05) is 48.5 Å². The summed E-state index contributed by atoms with van der Waals surface area (Å²) in [6.07, 6.45) is 0. The van der Waals surface area contributed by atoms with Crippen LogP contribution < -0.4 is 0 Å². The van der Waals surface area contributed by atoms with Gasteiger partial charge in [-0.1, -0.05) is 48.5 Å². The number of ketones is 2. The molecule has 0 bridgehead atoms. The molecule has 0 amide bonds. The largest absolute Gasteiger partial charge is 0.295 e. The standard InChI is InChI=1S/C26H18O2S2/c1-15(27)17-3-7-19(8-4-17)23-11-21-13-26-22(14-25(21)29-23)12-24(30-26)20-9-5-18(6-10-20)16(2)28/h3-14H,1-2H3. The molecule has 4 heteroatoms. The van der Waals surface area contributed by atoms with Crippen molar-refractivity contribution in [1.82, 2.24) is 0 Å². The van der Waals surface area contributed by atoms with Crippen LogP contribution >= 0.6 is 22.7 Å². The van der Waals surface area contributed by atoms with Crippen LogP contribution in [-0.2, 0) is 0 Å². The summed E-state index contributed by atoms with van der Waals surface area (Å²) in [6, 6.07) is 24.6. The highest BCUT2D eigenvalue weighted by atomic mass is 32.1. The SMILES string of the molecule is CC(=O)c1ccc(-c2cc3cc4sc(-c5ccc(C(C)=O)cc5)cc4cc3s2)cc1. The van der Waals surface area contributed by atoms with Gasteiger partial charge in [-0.05, 0) is 60.0 Å². The lowest BCUT2D eigenvalue weighted by molar-refractivity contribution is 0.100. The molecule has 5 rings (SSSR count). The molecule has 0 unspecified atom stereocenters. The Balaban J connectivity index is 1.51. The van der Waals surface area contributed by atoms with Crippen molar-refractivity contribution in [3.63, 3.8) is 0 Å². The average molecular weight is 427 g/mol. The number of Topliss-reactive ketones (excluding diaryl/α,β-unsaturated/α-hetero) is 2. The Morgan fingerprint density at radius 2 is 0.933 bits per heavy atom. The second kappa shape index (κ2) is 7.31. The normalized spacial score (nSPS) is 11.3. The van der Waals surface area contributed by atoms with Gasteiger partial charge < -0.3 is 0 Å². The zero-order valence-corrected chi connectivity index (χ0v) is 18.2. The molecule has 0 saturated heterocycles. The van der Waals surface area contributed by atoms with Crippen molar-refractivity contribution in [2.45, 2.75) is 13.8 Å². The lowest BCUT2D eigenvalue weighted by Crippen LogP contribution is -1.90. The molecule has 146 valence electrons. The summed E-state index contributed by atoms with van der Waals surface area (Å²) in [5.41, 5.74) is 3.75. The number of thiophene rings is 2. The lowest BCUT2D eigenvalue weighted by Gasteiger charge is -1.99. The summed E-state index contributed by atoms with van der Waals surface area (Å²) in [5.74, 6) is 0.176. The highest BCUT2D eigenvalue weighted by molar-refractivity contribution is 7.23. The van der Waals surface area contributed by atoms with E-state index < -0.39 is 0 Å². The minimum absolute atomic E-state index is 0.0878. The molecule has 2 aromatic heterocycles. The third-order valence-corrected chi connectivity index (χ3v) is 7.60. The minimum Gasteiger partial charge on any atom is -0.295 e. The third-order valence-electron chi connectivity index (χ3n) is 5.31. The van der Waals surface area contributed by atoms with Gasteiger partial charge in [0.2, 0.25) is 0 Å². The van der Waals surface area contributed by atoms with E-state index in [9.17, 15) is 9.59 Å². The van der Waals surface area contributed by atoms with Gasteiger partial charge in [-0.25, -0.2) is 0 Å². The first-order valence-corrected chi connectivity index (χ1v) is 11.3. The smallest absolute Gasteiger partial charge is 0.159 e. The van der Waals surface area contributed by atoms with E-state index in [0.29, 0.717) is 0 Å². The van der Waals surface area contributed by atoms with E-state index in [1.165, 1.54) is 29.9 Å². The molecule has 0 spiro atoms. The maximum atomic E-state index is 11.5. The van der Waals surface area contributed by atoms with E-state index in [2.05, 4.69) is 24.3 Å². The predicted molar refractivity (Wildman–Crippen MR) is 128 cm³/mol. The van der Waals surface area contributed by atoms with Crippen LogP contribution in [0.15, 0.2) is 72.8 Å². The Labute approximate surface area is 182 Å². The van der Waals surface area contributed by atoms with Gasteiger partial charge in [0, 0.05) is 30.3 Å². The van der Waals surface area contributed by atoms with Crippen LogP contribution in [0.1, 0.15) is 34.6 Å². The maximum absolute atomic E-state index is 11.5. The fourth-order valence-corrected chi connectivity index (χ4v) is 5.79. The number of rotatable bonds is 4. The zero-order valence-electron chi connectivity index (χ0n) is 16.6. The van der Waals surface area contributed by atoms with Gasteiger partial charge in [-0.15, -0.1) is 22.7 Å². The molecule has 30 heavy (non-hydrogen) atoms. The van der Waals surface area contributed by atoms with Crippen LogP contribution in [-0.4, -0.2) is 11.6 Å². The van der Waals surface area contributed by atoms with E-state index in [-0.39, 0.29) is 11.6 Å². The van der Waals surface area contributed by atoms with Gasteiger partial charge in [0.1, 0.15) is 0 Å². The van der Waals surface area contributed by atoms with Gasteiger partial charge in [-0.3, -0.25) is 9.59 Å². The first-order chi connectivity index (χ1) is 14.5. The lowest BCUT2D eigenvalue weighted by atomic mass is 10.1. The minimum atomic E-state index is 0.0878. The highest BCUT2D eigenvalue weighted by Gasteiger charge is 2.10. The van der Waals surface area contributed by atoms with Gasteiger partial charge in [0.05, 0.1) is 0 Å². The summed E-state index contributed by atoms with van der Waals surface area (Å²) in [4.78, 5) is 25.4. The fourth-order valence-electron chi connectivity index (χ4n) is 3.60. The molecule has 3 aromatic carbocycles. The van der Waals surface area contributed by atoms with Gasteiger partial charge in [0.15, 0.2) is 11.6 Å². The molecule has 0 atom stereocenters. The van der Waals surface area contributed by atoms with Crippen LogP contribution in [0.2, 0.25) is 0 Å². The number of carbonyl (C=O) groups is 2. The number of carbonyl (C=O) groups excluding carboxylic acids is 2. The Morgan fingerprint density at radius 1 is 0.567 bits per heavy atom. The summed E-state index contributed by atoms with van der Waals surface area (Å²) >= 11 is 3.54. The third kappa shape index (κ3) is 3.38. The Bertz CT molecular complexity index is 1260. The Kier molecular flexibility index (Phi) is 4.61. The molecule has 0 aliphatic carbocycles. The topological polar surface area (TPSA) is 34.1 Å². The Hall–Kier alpha value is -3.08. The first kappa shape index (κ1) is 18.9. The first-order valence-electron chi connectivity index (χ1n) is 9.68. The van der Waals surface area contributed by atoms with Gasteiger partial charge >= 0.3 is 0 Å². The maximum Gasteiger partial charge on any atom is 0.159 e. The molecular weight excluding hydrogens is 408 g/mol. The number of hydrogen-bond acceptors (Lipinski definition) is 4. The highest BCUT2D eigenvalue weighted by Crippen LogP contribution is 2.40. The number of hydrogen-bond donors (Lipinski definition) is 0. The molecule has 5 aromatic rings. The van der Waals surface area contributed by atoms with Crippen molar-refractivity contribution in [3.8, 4) is 20.9 Å². The average Bonchev–Trinajstić information content (AvgIpc) is 3.35. The molecule has 0 N–H and O–H groups in total. The van der Waals surface area contributed by atoms with Crippen molar-refractivity contribution in [2.24, 2.45) is 0 Å². The molecule has 0 aliphatic heterocycles. The predicted octanol–water partition coefficient (Wildman–Crippen LogP) is 7.86. The summed E-state index contributed by atoms with van der Waals surface area (Å²) in [6.45, 7) is 3.18. The molecule has 0 radical (unpaired) electrons. The van der Waals surface area contributed by atoms with E-state index in [1.54, 1.807) is 36.5 Å². The molecule has 2 heterocycles. The van der Waals surface area contributed by atoms with Crippen molar-refractivity contribution in [1.29, 1.82) is 0 Å². The molecule has 0 aliphatic rings. The number of fused-ring (bicyclic) bond motifs is 2. The fraction of sp³-hybridized carbons (Fsp3) is 0.0769. The van der Waals surface area contributed by atoms with E-state index in [4.69, 9.17) is 0 Å². The van der Waals surface area contributed by atoms with Crippen LogP contribution in [0.5, 0.6) is 0 Å². The van der Waals surface area contributed by atoms with Crippen molar-refractivity contribution < 1.29 is 9.59 Å². The van der Waals surface area contributed by atoms with Crippen LogP contribution in [0.3, 0.4) is 0 Å². The number of benzene rings is 3. The summed E-state index contributed by atoms with van der Waals surface area (Å²) < 4.78 is 2.51. The second-order valence-electron chi connectivity index (χ2n) is 7.42. The second-order valence-corrected chi connectivity index (χ2v) is 9.58. The van der Waals surface area contributed by atoms with Gasteiger partial charge in [-0.2, -0.15) is 0 Å². The van der Waals surface area contributed by atoms with Crippen LogP contribution in [0.4, 0.5) is 0 Å². The molecule has 0 saturated carbocycles. The van der Waals surface area contributed by atoms with E-state index >= 15 is 0 Å². The summed E-state index contributed by atoms with van der Waals surface area (Å²) in [5, 5.41) is 2.47. The molecule has 0 fully saturated rings. The summed E-state index contributed by atoms with van der Waals surface area (Å²) in [7, 11) is 0. The monoisotopic (exact) mass is 426 g/mol. The van der Waals surface area contributed by atoms with Crippen LogP contribution in [0.25, 0.3) is 41.1 Å². The van der Waals surface area contributed by atoms with Crippen molar-refractivity contribution in [3.05, 3.63) is 83.9 Å². The van der Waals surface area contributed by atoms with Crippen molar-refractivity contribution in [2.75, 3.05) is 0 Å². The molecular formula is C26H18O2S2. The zero-order chi connectivity index (χ0) is 20.8. The quantitative estimate of drug-likeness (QED) is 0.274.